The molecule has 0 spiro atoms. The number of rotatable bonds is 4. The minimum atomic E-state index is -0.657. The Morgan fingerprint density at radius 2 is 2.29 bits per heavy atom. The van der Waals surface area contributed by atoms with Crippen LogP contribution in [0.15, 0.2) is 0 Å². The predicted molar refractivity (Wildman–Crippen MR) is 56.3 cm³/mol. The van der Waals surface area contributed by atoms with Gasteiger partial charge >= 0.3 is 5.97 Å². The van der Waals surface area contributed by atoms with Crippen molar-refractivity contribution in [3.63, 3.8) is 0 Å². The first kappa shape index (κ1) is 11.5. The van der Waals surface area contributed by atoms with E-state index in [1.54, 1.807) is 0 Å². The van der Waals surface area contributed by atoms with Gasteiger partial charge < -0.3 is 10.0 Å². The minimum Gasteiger partial charge on any atom is -0.481 e. The van der Waals surface area contributed by atoms with Gasteiger partial charge in [0.1, 0.15) is 0 Å². The second kappa shape index (κ2) is 5.35. The van der Waals surface area contributed by atoms with Crippen LogP contribution >= 0.6 is 0 Å². The van der Waals surface area contributed by atoms with Crippen molar-refractivity contribution in [1.82, 2.24) is 4.90 Å². The Morgan fingerprint density at radius 3 is 2.79 bits per heavy atom. The highest BCUT2D eigenvalue weighted by atomic mass is 16.4. The molecule has 0 bridgehead atoms. The summed E-state index contributed by atoms with van der Waals surface area (Å²) in [6, 6.07) is 0.491. The highest BCUT2D eigenvalue weighted by Crippen LogP contribution is 2.26. The van der Waals surface area contributed by atoms with Gasteiger partial charge in [0.2, 0.25) is 0 Å². The number of hydrogen-bond acceptors (Lipinski definition) is 2. The molecule has 1 aliphatic rings. The number of nitrogens with zero attached hydrogens (tertiary/aromatic N) is 1. The van der Waals surface area contributed by atoms with Crippen LogP contribution in [0.25, 0.3) is 0 Å². The minimum absolute atomic E-state index is 0.325. The summed E-state index contributed by atoms with van der Waals surface area (Å²) >= 11 is 0. The van der Waals surface area contributed by atoms with Crippen LogP contribution in [0.3, 0.4) is 0 Å². The van der Waals surface area contributed by atoms with E-state index in [-0.39, 0.29) is 0 Å². The molecule has 0 radical (unpaired) electrons. The number of carboxylic acids is 1. The summed E-state index contributed by atoms with van der Waals surface area (Å²) in [6.45, 7) is 3.22. The number of carboxylic acid groups (broad SMARTS) is 1. The summed E-state index contributed by atoms with van der Waals surface area (Å²) in [6.07, 6.45) is 4.98. The summed E-state index contributed by atoms with van der Waals surface area (Å²) in [5.74, 6) is -0.325. The molecule has 1 saturated heterocycles. The number of carbonyl (C=O) groups is 1. The molecule has 0 aromatic heterocycles. The maximum Gasteiger partial charge on any atom is 0.303 e. The van der Waals surface area contributed by atoms with Crippen LogP contribution in [0.1, 0.15) is 39.0 Å². The highest BCUT2D eigenvalue weighted by molar-refractivity contribution is 5.67. The number of likely N-dealkylation sites (tertiary alicyclic amines) is 1. The summed E-state index contributed by atoms with van der Waals surface area (Å²) in [7, 11) is 2.12. The van der Waals surface area contributed by atoms with Crippen molar-refractivity contribution >= 4 is 5.97 Å². The van der Waals surface area contributed by atoms with Crippen LogP contribution in [-0.4, -0.2) is 35.6 Å². The average Bonchev–Trinajstić information content (AvgIpc) is 2.15. The Bertz CT molecular complexity index is 194. The van der Waals surface area contributed by atoms with Crippen molar-refractivity contribution in [3.8, 4) is 0 Å². The van der Waals surface area contributed by atoms with Gasteiger partial charge in [0.05, 0.1) is 0 Å². The molecular weight excluding hydrogens is 178 g/mol. The third-order valence-electron chi connectivity index (χ3n) is 3.33. The fourth-order valence-electron chi connectivity index (χ4n) is 2.47. The average molecular weight is 199 g/mol. The monoisotopic (exact) mass is 199 g/mol. The first-order chi connectivity index (χ1) is 6.65. The van der Waals surface area contributed by atoms with E-state index in [4.69, 9.17) is 5.11 Å². The van der Waals surface area contributed by atoms with Crippen LogP contribution in [0.5, 0.6) is 0 Å². The molecule has 3 heteroatoms. The number of aliphatic carboxylic acids is 1. The summed E-state index contributed by atoms with van der Waals surface area (Å²) < 4.78 is 0. The van der Waals surface area contributed by atoms with Crippen LogP contribution < -0.4 is 0 Å². The fourth-order valence-corrected chi connectivity index (χ4v) is 2.47. The third-order valence-corrected chi connectivity index (χ3v) is 3.33. The van der Waals surface area contributed by atoms with Gasteiger partial charge in [-0.25, -0.2) is 0 Å². The van der Waals surface area contributed by atoms with Gasteiger partial charge in [-0.15, -0.1) is 0 Å². The molecule has 82 valence electrons. The van der Waals surface area contributed by atoms with E-state index in [1.807, 2.05) is 0 Å². The van der Waals surface area contributed by atoms with E-state index >= 15 is 0 Å². The molecule has 1 fully saturated rings. The summed E-state index contributed by atoms with van der Waals surface area (Å²) in [5, 5.41) is 8.81. The van der Waals surface area contributed by atoms with E-state index < -0.39 is 5.97 Å². The highest BCUT2D eigenvalue weighted by Gasteiger charge is 2.27. The van der Waals surface area contributed by atoms with Gasteiger partial charge in [0.25, 0.3) is 0 Å². The Hall–Kier alpha value is -0.570. The molecule has 14 heavy (non-hydrogen) atoms. The SMILES string of the molecule is CCC(CC(=O)O)C1CCCCN1C. The topological polar surface area (TPSA) is 40.5 Å². The number of hydrogen-bond donors (Lipinski definition) is 1. The van der Waals surface area contributed by atoms with Gasteiger partial charge in [-0.2, -0.15) is 0 Å². The van der Waals surface area contributed by atoms with E-state index in [1.165, 1.54) is 19.3 Å². The summed E-state index contributed by atoms with van der Waals surface area (Å²) in [5.41, 5.74) is 0. The quantitative estimate of drug-likeness (QED) is 0.752. The van der Waals surface area contributed by atoms with Crippen molar-refractivity contribution in [3.05, 3.63) is 0 Å². The Labute approximate surface area is 86.1 Å². The zero-order valence-corrected chi connectivity index (χ0v) is 9.20. The Morgan fingerprint density at radius 1 is 1.57 bits per heavy atom. The van der Waals surface area contributed by atoms with Crippen LogP contribution in [0.2, 0.25) is 0 Å². The first-order valence-electron chi connectivity index (χ1n) is 5.57. The van der Waals surface area contributed by atoms with Gasteiger partial charge in [-0.05, 0) is 32.4 Å². The second-order valence-electron chi connectivity index (χ2n) is 4.31. The zero-order chi connectivity index (χ0) is 10.6. The lowest BCUT2D eigenvalue weighted by Crippen LogP contribution is -2.42. The Balaban J connectivity index is 2.52. The van der Waals surface area contributed by atoms with Crippen molar-refractivity contribution in [1.29, 1.82) is 0 Å². The van der Waals surface area contributed by atoms with Crippen LogP contribution in [-0.2, 0) is 4.79 Å². The molecule has 1 aliphatic heterocycles. The van der Waals surface area contributed by atoms with E-state index in [0.717, 1.165) is 13.0 Å². The van der Waals surface area contributed by atoms with E-state index in [9.17, 15) is 4.79 Å². The molecule has 0 amide bonds. The maximum absolute atomic E-state index is 10.7. The molecule has 0 saturated carbocycles. The van der Waals surface area contributed by atoms with Crippen molar-refractivity contribution in [2.24, 2.45) is 5.92 Å². The molecule has 0 aromatic rings. The smallest absolute Gasteiger partial charge is 0.303 e. The van der Waals surface area contributed by atoms with Gasteiger partial charge in [0, 0.05) is 12.5 Å². The van der Waals surface area contributed by atoms with Crippen molar-refractivity contribution < 1.29 is 9.90 Å². The summed E-state index contributed by atoms with van der Waals surface area (Å²) in [4.78, 5) is 13.0. The lowest BCUT2D eigenvalue weighted by atomic mass is 9.86. The lowest BCUT2D eigenvalue weighted by molar-refractivity contribution is -0.138. The molecule has 1 heterocycles. The van der Waals surface area contributed by atoms with E-state index in [0.29, 0.717) is 18.4 Å². The maximum atomic E-state index is 10.7. The molecule has 3 nitrogen and oxygen atoms in total. The van der Waals surface area contributed by atoms with E-state index in [2.05, 4.69) is 18.9 Å². The second-order valence-corrected chi connectivity index (χ2v) is 4.31. The molecular formula is C11H21NO2. The zero-order valence-electron chi connectivity index (χ0n) is 9.20. The third kappa shape index (κ3) is 2.98. The lowest BCUT2D eigenvalue weighted by Gasteiger charge is -2.37. The molecule has 0 aliphatic carbocycles. The predicted octanol–water partition coefficient (Wildman–Crippen LogP) is 1.97. The molecule has 2 unspecified atom stereocenters. The molecule has 1 rings (SSSR count). The normalized spacial score (nSPS) is 26.0. The van der Waals surface area contributed by atoms with Gasteiger partial charge in [-0.1, -0.05) is 19.8 Å². The fraction of sp³-hybridized carbons (Fsp3) is 0.909. The molecule has 0 aromatic carbocycles. The standard InChI is InChI=1S/C11H21NO2/c1-3-9(8-11(13)14)10-6-4-5-7-12(10)2/h9-10H,3-8H2,1-2H3,(H,13,14). The van der Waals surface area contributed by atoms with Crippen molar-refractivity contribution in [2.45, 2.75) is 45.1 Å². The van der Waals surface area contributed by atoms with Crippen LogP contribution in [0.4, 0.5) is 0 Å². The first-order valence-corrected chi connectivity index (χ1v) is 5.57. The van der Waals surface area contributed by atoms with Crippen LogP contribution in [0, 0.1) is 5.92 Å². The number of piperidine rings is 1. The largest absolute Gasteiger partial charge is 0.481 e. The molecule has 1 N–H and O–H groups in total. The van der Waals surface area contributed by atoms with Gasteiger partial charge in [-0.3, -0.25) is 4.79 Å². The molecule has 2 atom stereocenters. The van der Waals surface area contributed by atoms with Gasteiger partial charge in [0.15, 0.2) is 0 Å². The Kier molecular flexibility index (Phi) is 4.39. The van der Waals surface area contributed by atoms with Crippen molar-refractivity contribution in [2.75, 3.05) is 13.6 Å².